The molecule has 76 valence electrons. The van der Waals surface area contributed by atoms with Gasteiger partial charge < -0.3 is 0 Å². The first-order valence-electron chi connectivity index (χ1n) is 4.70. The molecule has 0 spiro atoms. The molecule has 0 amide bonds. The Kier molecular flexibility index (Phi) is 3.44. The highest BCUT2D eigenvalue weighted by molar-refractivity contribution is 9.52. The fourth-order valence-corrected chi connectivity index (χ4v) is 6.19. The number of hydrogen-bond donors (Lipinski definition) is 0. The molecule has 0 aromatic heterocycles. The summed E-state index contributed by atoms with van der Waals surface area (Å²) in [5.74, 6) is 0. The fourth-order valence-electron chi connectivity index (χ4n) is 1.46. The average Bonchev–Trinajstić information content (AvgIpc) is 2.31. The van der Waals surface area contributed by atoms with Gasteiger partial charge in [0.25, 0.3) is 5.31 Å². The number of halogens is 2. The summed E-state index contributed by atoms with van der Waals surface area (Å²) in [4.78, 5) is 0. The van der Waals surface area contributed by atoms with Crippen molar-refractivity contribution in [3.63, 3.8) is 0 Å². The minimum Gasteiger partial charge on any atom is -0.0987 e. The standard InChI is InChI=1S/C12H10Br2Si/c13-15(14,11-7-3-1-4-8-11)12-9-5-2-6-10-12/h1-10H. The van der Waals surface area contributed by atoms with Crippen molar-refractivity contribution in [1.82, 2.24) is 0 Å². The third-order valence-electron chi connectivity index (χ3n) is 2.27. The van der Waals surface area contributed by atoms with E-state index in [1.165, 1.54) is 10.4 Å². The second-order valence-corrected chi connectivity index (χ2v) is 15.9. The van der Waals surface area contributed by atoms with E-state index >= 15 is 0 Å². The largest absolute Gasteiger partial charge is 0.259 e. The van der Waals surface area contributed by atoms with Gasteiger partial charge in [-0.2, -0.15) is 0 Å². The molecule has 2 rings (SSSR count). The topological polar surface area (TPSA) is 0 Å². The minimum absolute atomic E-state index is 1.33. The van der Waals surface area contributed by atoms with E-state index in [0.29, 0.717) is 0 Å². The van der Waals surface area contributed by atoms with Gasteiger partial charge >= 0.3 is 0 Å². The van der Waals surface area contributed by atoms with Crippen molar-refractivity contribution < 1.29 is 0 Å². The summed E-state index contributed by atoms with van der Waals surface area (Å²) in [6.07, 6.45) is 0. The zero-order chi connectivity index (χ0) is 10.7. The Hall–Kier alpha value is -0.383. The summed E-state index contributed by atoms with van der Waals surface area (Å²) < 4.78 is 0. The molecule has 0 heterocycles. The van der Waals surface area contributed by atoms with Crippen molar-refractivity contribution in [3.05, 3.63) is 60.7 Å². The molecular weight excluding hydrogens is 332 g/mol. The van der Waals surface area contributed by atoms with Gasteiger partial charge in [-0.3, -0.25) is 0 Å². The third-order valence-corrected chi connectivity index (χ3v) is 9.88. The van der Waals surface area contributed by atoms with Gasteiger partial charge in [-0.1, -0.05) is 91.2 Å². The molecule has 0 aliphatic rings. The van der Waals surface area contributed by atoms with Crippen molar-refractivity contribution in [2.24, 2.45) is 0 Å². The molecule has 0 fully saturated rings. The second kappa shape index (κ2) is 4.64. The maximum absolute atomic E-state index is 3.85. The Morgan fingerprint density at radius 2 is 0.933 bits per heavy atom. The van der Waals surface area contributed by atoms with Crippen LogP contribution in [0.2, 0.25) is 0 Å². The van der Waals surface area contributed by atoms with Crippen LogP contribution < -0.4 is 10.4 Å². The maximum atomic E-state index is 3.85. The van der Waals surface area contributed by atoms with Gasteiger partial charge in [-0.05, 0) is 10.4 Å². The van der Waals surface area contributed by atoms with Crippen LogP contribution in [0, 0.1) is 0 Å². The average molecular weight is 342 g/mol. The van der Waals surface area contributed by atoms with E-state index in [9.17, 15) is 0 Å². The van der Waals surface area contributed by atoms with Crippen molar-refractivity contribution in [1.29, 1.82) is 0 Å². The van der Waals surface area contributed by atoms with E-state index in [-0.39, 0.29) is 0 Å². The highest BCUT2D eigenvalue weighted by Gasteiger charge is 2.30. The predicted octanol–water partition coefficient (Wildman–Crippen LogP) is 3.03. The highest BCUT2D eigenvalue weighted by atomic mass is 79.9. The lowest BCUT2D eigenvalue weighted by Gasteiger charge is -2.18. The zero-order valence-electron chi connectivity index (χ0n) is 8.03. The SMILES string of the molecule is Br[Si](Br)(c1ccccc1)c1ccccc1. The van der Waals surface area contributed by atoms with Crippen LogP contribution in [0.4, 0.5) is 0 Å². The van der Waals surface area contributed by atoms with Crippen LogP contribution in [0.5, 0.6) is 0 Å². The van der Waals surface area contributed by atoms with E-state index in [1.807, 2.05) is 12.1 Å². The monoisotopic (exact) mass is 340 g/mol. The number of benzene rings is 2. The smallest absolute Gasteiger partial charge is 0.0987 e. The van der Waals surface area contributed by atoms with Crippen molar-refractivity contribution in [2.45, 2.75) is 0 Å². The van der Waals surface area contributed by atoms with Gasteiger partial charge in [0.15, 0.2) is 0 Å². The molecule has 0 aliphatic carbocycles. The first-order valence-corrected chi connectivity index (χ1v) is 11.2. The molecule has 0 saturated carbocycles. The molecule has 15 heavy (non-hydrogen) atoms. The van der Waals surface area contributed by atoms with E-state index in [2.05, 4.69) is 79.1 Å². The molecule has 0 nitrogen and oxygen atoms in total. The molecule has 0 atom stereocenters. The summed E-state index contributed by atoms with van der Waals surface area (Å²) in [5.41, 5.74) is 0. The van der Waals surface area contributed by atoms with Gasteiger partial charge in [-0.25, -0.2) is 0 Å². The van der Waals surface area contributed by atoms with Gasteiger partial charge in [0.2, 0.25) is 0 Å². The lowest BCUT2D eigenvalue weighted by molar-refractivity contribution is 1.74. The van der Waals surface area contributed by atoms with E-state index < -0.39 is 5.31 Å². The Bertz CT molecular complexity index is 384. The summed E-state index contributed by atoms with van der Waals surface area (Å²) in [7, 11) is 0. The Morgan fingerprint density at radius 3 is 1.27 bits per heavy atom. The molecule has 2 aromatic carbocycles. The number of rotatable bonds is 2. The molecule has 3 heteroatoms. The highest BCUT2D eigenvalue weighted by Crippen LogP contribution is 2.19. The van der Waals surface area contributed by atoms with Crippen molar-refractivity contribution in [2.75, 3.05) is 0 Å². The van der Waals surface area contributed by atoms with Crippen LogP contribution in [0.25, 0.3) is 0 Å². The molecule has 2 aromatic rings. The minimum atomic E-state index is -1.83. The predicted molar refractivity (Wildman–Crippen MR) is 75.8 cm³/mol. The third kappa shape index (κ3) is 2.41. The maximum Gasteiger partial charge on any atom is 0.259 e. The Morgan fingerprint density at radius 1 is 0.600 bits per heavy atom. The van der Waals surface area contributed by atoms with Crippen molar-refractivity contribution >= 4 is 46.3 Å². The first-order chi connectivity index (χ1) is 7.21. The summed E-state index contributed by atoms with van der Waals surface area (Å²) in [6.45, 7) is 0. The molecule has 0 bridgehead atoms. The molecular formula is C12H10Br2Si. The molecule has 0 radical (unpaired) electrons. The Balaban J connectivity index is 2.44. The number of hydrogen-bond acceptors (Lipinski definition) is 0. The van der Waals surface area contributed by atoms with Crippen LogP contribution in [-0.2, 0) is 0 Å². The van der Waals surface area contributed by atoms with Crippen LogP contribution >= 0.6 is 30.6 Å². The van der Waals surface area contributed by atoms with Gasteiger partial charge in [0.05, 0.1) is 0 Å². The quantitative estimate of drug-likeness (QED) is 0.581. The second-order valence-electron chi connectivity index (χ2n) is 3.31. The van der Waals surface area contributed by atoms with Crippen LogP contribution in [0.1, 0.15) is 0 Å². The van der Waals surface area contributed by atoms with Crippen molar-refractivity contribution in [3.8, 4) is 0 Å². The molecule has 0 aliphatic heterocycles. The normalized spacial score (nSPS) is 11.3. The van der Waals surface area contributed by atoms with E-state index in [4.69, 9.17) is 0 Å². The molecule has 0 N–H and O–H groups in total. The zero-order valence-corrected chi connectivity index (χ0v) is 12.2. The summed E-state index contributed by atoms with van der Waals surface area (Å²) >= 11 is 7.71. The lowest BCUT2D eigenvalue weighted by Crippen LogP contribution is -2.47. The summed E-state index contributed by atoms with van der Waals surface area (Å²) in [5, 5.41) is 0.829. The van der Waals surface area contributed by atoms with Gasteiger partial charge in [0, 0.05) is 0 Å². The van der Waals surface area contributed by atoms with Crippen LogP contribution in [0.15, 0.2) is 60.7 Å². The Labute approximate surface area is 107 Å². The van der Waals surface area contributed by atoms with Gasteiger partial charge in [0.1, 0.15) is 0 Å². The van der Waals surface area contributed by atoms with Crippen LogP contribution in [-0.4, -0.2) is 5.31 Å². The van der Waals surface area contributed by atoms with Gasteiger partial charge in [-0.15, -0.1) is 0 Å². The van der Waals surface area contributed by atoms with E-state index in [1.54, 1.807) is 0 Å². The summed E-state index contributed by atoms with van der Waals surface area (Å²) in [6, 6.07) is 21.0. The molecule has 0 saturated heterocycles. The molecule has 0 unspecified atom stereocenters. The lowest BCUT2D eigenvalue weighted by atomic mass is 10.4. The first kappa shape index (κ1) is 11.1. The van der Waals surface area contributed by atoms with E-state index in [0.717, 1.165) is 0 Å². The van der Waals surface area contributed by atoms with Crippen LogP contribution in [0.3, 0.4) is 0 Å². The fraction of sp³-hybridized carbons (Fsp3) is 0.